The van der Waals surface area contributed by atoms with Crippen LogP contribution in [0.25, 0.3) is 6.08 Å². The minimum Gasteiger partial charge on any atom is -0.506 e. The predicted octanol–water partition coefficient (Wildman–Crippen LogP) is 5.93. The van der Waals surface area contributed by atoms with Crippen molar-refractivity contribution in [2.75, 3.05) is 36.5 Å². The van der Waals surface area contributed by atoms with Crippen molar-refractivity contribution in [3.8, 4) is 5.75 Å². The Balaban J connectivity index is 1.85. The lowest BCUT2D eigenvalue weighted by molar-refractivity contribution is -0.438. The number of fused-ring (bicyclic) bond motifs is 1. The van der Waals surface area contributed by atoms with Crippen molar-refractivity contribution >= 4 is 33.0 Å². The molecule has 0 saturated heterocycles. The van der Waals surface area contributed by atoms with Crippen molar-refractivity contribution in [3.63, 3.8) is 0 Å². The summed E-state index contributed by atoms with van der Waals surface area (Å²) in [5, 5.41) is 10.8. The fourth-order valence-electron chi connectivity index (χ4n) is 4.95. The molecule has 35 heavy (non-hydrogen) atoms. The summed E-state index contributed by atoms with van der Waals surface area (Å²) in [6.07, 6.45) is 9.63. The van der Waals surface area contributed by atoms with Crippen LogP contribution in [0.5, 0.6) is 5.75 Å². The number of hydrogen-bond donors (Lipinski definition) is 1. The number of anilines is 1. The normalized spacial score (nSPS) is 15.1. The highest BCUT2D eigenvalue weighted by Crippen LogP contribution is 2.40. The number of unbranched alkanes of at least 4 members (excludes halogenated alkanes) is 2. The van der Waals surface area contributed by atoms with Crippen molar-refractivity contribution in [2.45, 2.75) is 58.8 Å². The van der Waals surface area contributed by atoms with Gasteiger partial charge in [-0.2, -0.15) is 4.58 Å². The van der Waals surface area contributed by atoms with Crippen LogP contribution in [0, 0.1) is 0 Å². The monoisotopic (exact) mass is 497 g/mol. The molecule has 190 valence electrons. The minimum atomic E-state index is -2.99. The molecule has 1 aliphatic heterocycles. The largest absolute Gasteiger partial charge is 0.506 e. The first-order valence-corrected chi connectivity index (χ1v) is 14.8. The van der Waals surface area contributed by atoms with E-state index in [9.17, 15) is 13.5 Å². The zero-order chi connectivity index (χ0) is 25.6. The van der Waals surface area contributed by atoms with Crippen molar-refractivity contribution in [1.29, 1.82) is 0 Å². The summed E-state index contributed by atoms with van der Waals surface area (Å²) in [5.41, 5.74) is 5.49. The number of benzene rings is 2. The van der Waals surface area contributed by atoms with Gasteiger partial charge in [-0.15, -0.1) is 0 Å². The molecule has 0 spiro atoms. The molecule has 2 aromatic rings. The van der Waals surface area contributed by atoms with Crippen LogP contribution in [0.4, 0.5) is 11.4 Å². The average Bonchev–Trinajstić information content (AvgIpc) is 3.01. The zero-order valence-electron chi connectivity index (χ0n) is 21.9. The molecule has 3 rings (SSSR count). The second-order valence-electron chi connectivity index (χ2n) is 10.0. The number of nitrogens with zero attached hydrogens (tertiary/aromatic N) is 2. The van der Waals surface area contributed by atoms with E-state index < -0.39 is 9.84 Å². The molecule has 0 fully saturated rings. The predicted molar refractivity (Wildman–Crippen MR) is 148 cm³/mol. The Morgan fingerprint density at radius 1 is 1.03 bits per heavy atom. The van der Waals surface area contributed by atoms with E-state index in [0.29, 0.717) is 19.5 Å². The fraction of sp³-hybridized carbons (Fsp3) is 0.483. The lowest BCUT2D eigenvalue weighted by Gasteiger charge is -2.24. The summed E-state index contributed by atoms with van der Waals surface area (Å²) in [7, 11) is -2.99. The lowest BCUT2D eigenvalue weighted by Crippen LogP contribution is -2.27. The Morgan fingerprint density at radius 3 is 2.43 bits per heavy atom. The maximum Gasteiger partial charge on any atom is 0.209 e. The third-order valence-electron chi connectivity index (χ3n) is 6.88. The molecule has 1 N–H and O–H groups in total. The van der Waals surface area contributed by atoms with E-state index in [1.54, 1.807) is 6.07 Å². The number of phenolic OH excluding ortho intramolecular Hbond substituents is 1. The highest BCUT2D eigenvalue weighted by atomic mass is 32.2. The topological polar surface area (TPSA) is 60.6 Å². The molecule has 0 aromatic heterocycles. The van der Waals surface area contributed by atoms with Crippen LogP contribution in [0.3, 0.4) is 0 Å². The number of allylic oxidation sites excluding steroid dienone is 1. The highest BCUT2D eigenvalue weighted by molar-refractivity contribution is 7.90. The van der Waals surface area contributed by atoms with Gasteiger partial charge in [0.1, 0.15) is 22.1 Å². The van der Waals surface area contributed by atoms with Crippen molar-refractivity contribution in [1.82, 2.24) is 0 Å². The van der Waals surface area contributed by atoms with Crippen molar-refractivity contribution < 1.29 is 18.1 Å². The maximum atomic E-state index is 11.5. The van der Waals surface area contributed by atoms with E-state index in [4.69, 9.17) is 0 Å². The van der Waals surface area contributed by atoms with E-state index in [0.717, 1.165) is 24.2 Å². The number of hydrogen-bond acceptors (Lipinski definition) is 4. The van der Waals surface area contributed by atoms with E-state index >= 15 is 0 Å². The van der Waals surface area contributed by atoms with Crippen LogP contribution in [0.2, 0.25) is 0 Å². The molecule has 6 heteroatoms. The molecule has 1 aliphatic rings. The molecular weight excluding hydrogens is 456 g/mol. The maximum absolute atomic E-state index is 11.5. The Morgan fingerprint density at radius 2 is 1.77 bits per heavy atom. The van der Waals surface area contributed by atoms with Crippen LogP contribution < -0.4 is 4.90 Å². The summed E-state index contributed by atoms with van der Waals surface area (Å²) in [6, 6.07) is 14.4. The van der Waals surface area contributed by atoms with E-state index in [1.807, 2.05) is 24.0 Å². The van der Waals surface area contributed by atoms with E-state index in [-0.39, 0.29) is 16.9 Å². The Bertz CT molecular complexity index is 1200. The molecule has 0 bridgehead atoms. The summed E-state index contributed by atoms with van der Waals surface area (Å²) in [6.45, 7) is 11.1. The molecule has 0 saturated carbocycles. The average molecular weight is 498 g/mol. The van der Waals surface area contributed by atoms with Gasteiger partial charge in [-0.3, -0.25) is 0 Å². The Kier molecular flexibility index (Phi) is 8.81. The van der Waals surface area contributed by atoms with Gasteiger partial charge in [0.05, 0.1) is 16.9 Å². The molecule has 0 atom stereocenters. The molecule has 0 aliphatic carbocycles. The Labute approximate surface area is 211 Å². The lowest BCUT2D eigenvalue weighted by atomic mass is 9.81. The molecule has 0 amide bonds. The number of para-hydroxylation sites is 1. The molecule has 5 nitrogen and oxygen atoms in total. The molecule has 0 radical (unpaired) electrons. The fourth-order valence-corrected chi connectivity index (χ4v) is 5.61. The van der Waals surface area contributed by atoms with Gasteiger partial charge in [0.25, 0.3) is 0 Å². The van der Waals surface area contributed by atoms with Gasteiger partial charge in [0, 0.05) is 43.5 Å². The number of sulfone groups is 1. The molecule has 0 unspecified atom stereocenters. The first-order valence-electron chi connectivity index (χ1n) is 12.8. The summed E-state index contributed by atoms with van der Waals surface area (Å²) in [4.78, 5) is 2.02. The summed E-state index contributed by atoms with van der Waals surface area (Å²) in [5.74, 6) is 0.364. The van der Waals surface area contributed by atoms with Crippen molar-refractivity contribution in [3.05, 3.63) is 59.7 Å². The van der Waals surface area contributed by atoms with Crippen LogP contribution in [0.15, 0.2) is 48.5 Å². The standard InChI is InChI=1S/C29H40N2O3S/c1-6-8-11-20-31-25-14-10-9-13-24(25)29(3,4)28(31)18-16-23-15-17-26(27(32)22-23)30(7-2)19-12-21-35(5,33)34/h9-10,13-18,22H,6-8,11-12,19-21H2,1-5H3/p+1. The summed E-state index contributed by atoms with van der Waals surface area (Å²) >= 11 is 0. The number of phenols is 1. The minimum absolute atomic E-state index is 0.0973. The van der Waals surface area contributed by atoms with E-state index in [1.165, 1.54) is 36.1 Å². The zero-order valence-corrected chi connectivity index (χ0v) is 22.7. The van der Waals surface area contributed by atoms with Crippen LogP contribution >= 0.6 is 0 Å². The summed E-state index contributed by atoms with van der Waals surface area (Å²) < 4.78 is 25.4. The van der Waals surface area contributed by atoms with Crippen molar-refractivity contribution in [2.24, 2.45) is 0 Å². The molecule has 2 aromatic carbocycles. The molecule has 1 heterocycles. The quantitative estimate of drug-likeness (QED) is 0.291. The third-order valence-corrected chi connectivity index (χ3v) is 7.91. The first kappa shape index (κ1) is 27.0. The second-order valence-corrected chi connectivity index (χ2v) is 12.3. The van der Waals surface area contributed by atoms with Gasteiger partial charge in [-0.05, 0) is 57.4 Å². The Hall–Kier alpha value is -2.60. The van der Waals surface area contributed by atoms with Gasteiger partial charge >= 0.3 is 0 Å². The first-order chi connectivity index (χ1) is 16.6. The van der Waals surface area contributed by atoms with Crippen LogP contribution in [-0.2, 0) is 15.3 Å². The number of aromatic hydroxyl groups is 1. The van der Waals surface area contributed by atoms with Gasteiger partial charge < -0.3 is 10.0 Å². The van der Waals surface area contributed by atoms with Gasteiger partial charge in [-0.25, -0.2) is 8.42 Å². The van der Waals surface area contributed by atoms with Crippen LogP contribution in [0.1, 0.15) is 64.5 Å². The third kappa shape index (κ3) is 6.54. The van der Waals surface area contributed by atoms with Gasteiger partial charge in [-0.1, -0.05) is 37.6 Å². The highest BCUT2D eigenvalue weighted by Gasteiger charge is 2.43. The van der Waals surface area contributed by atoms with E-state index in [2.05, 4.69) is 61.8 Å². The molecular formula is C29H41N2O3S+. The smallest absolute Gasteiger partial charge is 0.209 e. The second kappa shape index (κ2) is 11.4. The number of rotatable bonds is 12. The van der Waals surface area contributed by atoms with Gasteiger partial charge in [0.15, 0.2) is 5.71 Å². The van der Waals surface area contributed by atoms with Crippen LogP contribution in [-0.4, -0.2) is 55.5 Å². The van der Waals surface area contributed by atoms with Gasteiger partial charge in [0.2, 0.25) is 5.69 Å². The SMILES string of the molecule is CCCCC[N+]1=C(/C=C/c2ccc(N(CC)CCCS(C)(=O)=O)c(O)c2)C(C)(C)c2ccccc21.